The van der Waals surface area contributed by atoms with Gasteiger partial charge in [-0.25, -0.2) is 0 Å². The van der Waals surface area contributed by atoms with Crippen molar-refractivity contribution >= 4 is 33.2 Å². The van der Waals surface area contributed by atoms with Gasteiger partial charge < -0.3 is 10.6 Å². The van der Waals surface area contributed by atoms with Crippen LogP contribution in [0.3, 0.4) is 0 Å². The lowest BCUT2D eigenvalue weighted by atomic mass is 10.1. The van der Waals surface area contributed by atoms with Crippen LogP contribution in [0.2, 0.25) is 0 Å². The van der Waals surface area contributed by atoms with E-state index in [0.29, 0.717) is 0 Å². The molecule has 1 aromatic rings. The maximum absolute atomic E-state index is 11.9. The van der Waals surface area contributed by atoms with Crippen molar-refractivity contribution < 1.29 is 4.79 Å². The Kier molecular flexibility index (Phi) is 4.37. The molecule has 1 atom stereocenters. The average Bonchev–Trinajstić information content (AvgIpc) is 2.54. The van der Waals surface area contributed by atoms with Crippen LogP contribution >= 0.6 is 27.3 Å². The summed E-state index contributed by atoms with van der Waals surface area (Å²) in [5.41, 5.74) is 0.751. The van der Waals surface area contributed by atoms with Crippen molar-refractivity contribution in [1.29, 1.82) is 0 Å². The highest BCUT2D eigenvalue weighted by atomic mass is 79.9. The number of carbonyl (C=O) groups excluding carboxylic acids is 1. The zero-order valence-electron chi connectivity index (χ0n) is 8.96. The number of hydrogen-bond acceptors (Lipinski definition) is 3. The fourth-order valence-corrected chi connectivity index (χ4v) is 2.98. The molecule has 2 rings (SSSR count). The molecule has 88 valence electrons. The molecule has 3 nitrogen and oxygen atoms in total. The number of hydrogen-bond donors (Lipinski definition) is 2. The van der Waals surface area contributed by atoms with Gasteiger partial charge in [-0.15, -0.1) is 11.3 Å². The summed E-state index contributed by atoms with van der Waals surface area (Å²) < 4.78 is 0.997. The van der Waals surface area contributed by atoms with Crippen molar-refractivity contribution in [1.82, 2.24) is 10.6 Å². The molecule has 0 bridgehead atoms. The second kappa shape index (κ2) is 5.80. The van der Waals surface area contributed by atoms with E-state index in [1.807, 2.05) is 11.4 Å². The summed E-state index contributed by atoms with van der Waals surface area (Å²) in [6.45, 7) is 1.95. The summed E-state index contributed by atoms with van der Waals surface area (Å²) in [4.78, 5) is 11.9. The van der Waals surface area contributed by atoms with Crippen molar-refractivity contribution in [3.63, 3.8) is 0 Å². The zero-order valence-corrected chi connectivity index (χ0v) is 11.4. The van der Waals surface area contributed by atoms with Crippen molar-refractivity contribution in [2.24, 2.45) is 0 Å². The predicted molar refractivity (Wildman–Crippen MR) is 70.0 cm³/mol. The van der Waals surface area contributed by atoms with E-state index in [2.05, 4.69) is 26.6 Å². The van der Waals surface area contributed by atoms with Gasteiger partial charge >= 0.3 is 0 Å². The van der Waals surface area contributed by atoms with Crippen molar-refractivity contribution in [3.05, 3.63) is 20.8 Å². The van der Waals surface area contributed by atoms with Gasteiger partial charge in [0.2, 0.25) is 0 Å². The summed E-state index contributed by atoms with van der Waals surface area (Å²) in [6.07, 6.45) is 3.46. The van der Waals surface area contributed by atoms with Crippen LogP contribution < -0.4 is 10.6 Å². The van der Waals surface area contributed by atoms with E-state index in [1.54, 1.807) is 0 Å². The third kappa shape index (κ3) is 3.30. The highest BCUT2D eigenvalue weighted by Crippen LogP contribution is 2.20. The summed E-state index contributed by atoms with van der Waals surface area (Å²) in [5, 5.41) is 8.29. The third-order valence-electron chi connectivity index (χ3n) is 2.71. The molecule has 1 aliphatic heterocycles. The van der Waals surface area contributed by atoms with Crippen LogP contribution in [-0.4, -0.2) is 25.0 Å². The molecule has 1 unspecified atom stereocenters. The molecule has 0 spiro atoms. The lowest BCUT2D eigenvalue weighted by Crippen LogP contribution is -2.40. The second-order valence-corrected chi connectivity index (χ2v) is 6.30. The highest BCUT2D eigenvalue weighted by molar-refractivity contribution is 9.11. The molecule has 1 aromatic heterocycles. The second-order valence-electron chi connectivity index (χ2n) is 4.01. The number of halogens is 1. The van der Waals surface area contributed by atoms with Gasteiger partial charge in [-0.3, -0.25) is 4.79 Å². The van der Waals surface area contributed by atoms with Crippen LogP contribution in [0, 0.1) is 0 Å². The number of amides is 1. The third-order valence-corrected chi connectivity index (χ3v) is 4.22. The fourth-order valence-electron chi connectivity index (χ4n) is 1.84. The van der Waals surface area contributed by atoms with Gasteiger partial charge in [-0.05, 0) is 41.4 Å². The Balaban J connectivity index is 1.90. The number of nitrogens with one attached hydrogen (secondary N) is 2. The minimum Gasteiger partial charge on any atom is -0.348 e. The highest BCUT2D eigenvalue weighted by Gasteiger charge is 2.15. The molecule has 1 fully saturated rings. The molecule has 2 heterocycles. The molecular weight excluding hydrogens is 288 g/mol. The van der Waals surface area contributed by atoms with E-state index in [-0.39, 0.29) is 11.9 Å². The van der Waals surface area contributed by atoms with Crippen molar-refractivity contribution in [2.45, 2.75) is 25.3 Å². The number of carbonyl (C=O) groups is 1. The Morgan fingerprint density at radius 2 is 2.44 bits per heavy atom. The summed E-state index contributed by atoms with van der Waals surface area (Å²) in [5.74, 6) is 0.0376. The molecule has 1 saturated heterocycles. The smallest absolute Gasteiger partial charge is 0.252 e. The first kappa shape index (κ1) is 12.1. The van der Waals surface area contributed by atoms with E-state index in [9.17, 15) is 4.79 Å². The fraction of sp³-hybridized carbons (Fsp3) is 0.545. The summed E-state index contributed by atoms with van der Waals surface area (Å²) in [6, 6.07) is 2.14. The van der Waals surface area contributed by atoms with Gasteiger partial charge in [-0.2, -0.15) is 0 Å². The van der Waals surface area contributed by atoms with E-state index in [1.165, 1.54) is 24.2 Å². The summed E-state index contributed by atoms with van der Waals surface area (Å²) in [7, 11) is 0. The molecule has 0 radical (unpaired) electrons. The summed E-state index contributed by atoms with van der Waals surface area (Å²) >= 11 is 4.90. The first-order chi connectivity index (χ1) is 7.75. The lowest BCUT2D eigenvalue weighted by Gasteiger charge is -2.15. The normalized spacial score (nSPS) is 21.4. The molecule has 0 aromatic carbocycles. The van der Waals surface area contributed by atoms with Crippen LogP contribution in [-0.2, 0) is 0 Å². The standard InChI is InChI=1S/C11H15BrN2OS/c12-10-5-8(7-16-10)11(15)14-9-3-1-2-4-13-6-9/h5,7,9,13H,1-4,6H2,(H,14,15). The van der Waals surface area contributed by atoms with Gasteiger partial charge in [0.1, 0.15) is 0 Å². The molecule has 16 heavy (non-hydrogen) atoms. The van der Waals surface area contributed by atoms with Crippen molar-refractivity contribution in [2.75, 3.05) is 13.1 Å². The molecule has 0 aliphatic carbocycles. The first-order valence-electron chi connectivity index (χ1n) is 5.51. The average molecular weight is 303 g/mol. The molecule has 5 heteroatoms. The largest absolute Gasteiger partial charge is 0.348 e. The monoisotopic (exact) mass is 302 g/mol. The topological polar surface area (TPSA) is 41.1 Å². The van der Waals surface area contributed by atoms with Gasteiger partial charge in [0, 0.05) is 18.0 Å². The molecule has 1 aliphatic rings. The number of thiophene rings is 1. The number of rotatable bonds is 2. The van der Waals surface area contributed by atoms with Gasteiger partial charge in [0.25, 0.3) is 5.91 Å². The zero-order chi connectivity index (χ0) is 11.4. The van der Waals surface area contributed by atoms with E-state index >= 15 is 0 Å². The van der Waals surface area contributed by atoms with Gasteiger partial charge in [0.15, 0.2) is 0 Å². The predicted octanol–water partition coefficient (Wildman–Crippen LogP) is 2.38. The van der Waals surface area contributed by atoms with E-state index in [0.717, 1.165) is 28.9 Å². The lowest BCUT2D eigenvalue weighted by molar-refractivity contribution is 0.0936. The Hall–Kier alpha value is -0.390. The Morgan fingerprint density at radius 3 is 3.19 bits per heavy atom. The molecule has 2 N–H and O–H groups in total. The molecular formula is C11H15BrN2OS. The SMILES string of the molecule is O=C(NC1CCCCNC1)c1csc(Br)c1. The molecule has 0 saturated carbocycles. The van der Waals surface area contributed by atoms with E-state index in [4.69, 9.17) is 0 Å². The first-order valence-corrected chi connectivity index (χ1v) is 7.18. The van der Waals surface area contributed by atoms with Crippen LogP contribution in [0.5, 0.6) is 0 Å². The van der Waals surface area contributed by atoms with Gasteiger partial charge in [-0.1, -0.05) is 6.42 Å². The molecule has 1 amide bonds. The van der Waals surface area contributed by atoms with Crippen molar-refractivity contribution in [3.8, 4) is 0 Å². The maximum atomic E-state index is 11.9. The van der Waals surface area contributed by atoms with Gasteiger partial charge in [0.05, 0.1) is 9.35 Å². The quantitative estimate of drug-likeness (QED) is 0.881. The van der Waals surface area contributed by atoms with Crippen LogP contribution in [0.15, 0.2) is 15.2 Å². The van der Waals surface area contributed by atoms with Crippen LogP contribution in [0.4, 0.5) is 0 Å². The maximum Gasteiger partial charge on any atom is 0.252 e. The Labute approximate surface area is 108 Å². The Bertz CT molecular complexity index is 359. The van der Waals surface area contributed by atoms with E-state index < -0.39 is 0 Å². The minimum atomic E-state index is 0.0376. The Morgan fingerprint density at radius 1 is 1.56 bits per heavy atom. The van der Waals surface area contributed by atoms with Crippen LogP contribution in [0.25, 0.3) is 0 Å². The minimum absolute atomic E-state index is 0.0376. The van der Waals surface area contributed by atoms with Crippen LogP contribution in [0.1, 0.15) is 29.6 Å².